The molecule has 2 heterocycles. The molecule has 0 spiro atoms. The van der Waals surface area contributed by atoms with Crippen LogP contribution >= 0.6 is 15.6 Å². The molecule has 2 rings (SSSR count). The van der Waals surface area contributed by atoms with Crippen LogP contribution in [-0.4, -0.2) is 108 Å². The molecule has 1 aliphatic heterocycles. The molecule has 8 N–H and O–H groups in total. The van der Waals surface area contributed by atoms with E-state index in [9.17, 15) is 53.7 Å². The van der Waals surface area contributed by atoms with Crippen LogP contribution < -0.4 is 11.4 Å². The van der Waals surface area contributed by atoms with Crippen molar-refractivity contribution in [1.82, 2.24) is 9.55 Å². The van der Waals surface area contributed by atoms with E-state index in [1.807, 2.05) is 12.2 Å². The van der Waals surface area contributed by atoms with Gasteiger partial charge in [-0.2, -0.15) is 9.29 Å². The van der Waals surface area contributed by atoms with E-state index in [0.717, 1.165) is 101 Å². The van der Waals surface area contributed by atoms with E-state index < -0.39 is 95.9 Å². The molecule has 0 saturated carbocycles. The molecule has 420 valence electrons. The van der Waals surface area contributed by atoms with Gasteiger partial charge in [0.25, 0.3) is 0 Å². The van der Waals surface area contributed by atoms with Gasteiger partial charge in [-0.1, -0.05) is 132 Å². The topological polar surface area (TPSA) is 306 Å². The fourth-order valence-electron chi connectivity index (χ4n) is 7.30. The van der Waals surface area contributed by atoms with Crippen molar-refractivity contribution in [3.8, 4) is 0 Å². The molecule has 2 unspecified atom stereocenters. The second-order valence-electron chi connectivity index (χ2n) is 17.9. The maximum atomic E-state index is 12.9. The molecule has 0 aliphatic carbocycles. The number of aromatic nitrogens is 2. The van der Waals surface area contributed by atoms with Crippen molar-refractivity contribution >= 4 is 33.4 Å². The Morgan fingerprint density at radius 3 is 1.91 bits per heavy atom. The summed E-state index contributed by atoms with van der Waals surface area (Å²) in [6, 6.07) is 1.23. The average Bonchev–Trinajstić information content (AvgIpc) is 3.63. The lowest BCUT2D eigenvalue weighted by atomic mass is 10.0. The Kier molecular flexibility index (Phi) is 35.3. The number of carbonyl (C=O) groups is 2. The molecular formula is C52H85N3O17P2. The van der Waals surface area contributed by atoms with Gasteiger partial charge >= 0.3 is 33.3 Å². The number of ether oxygens (including phenoxy) is 3. The number of hydrogen-bond acceptors (Lipinski definition) is 17. The number of esters is 2. The Morgan fingerprint density at radius 2 is 1.27 bits per heavy atom. The van der Waals surface area contributed by atoms with E-state index in [4.69, 9.17) is 29.0 Å². The average molecular weight is 1090 g/mol. The number of carbonyl (C=O) groups excluding carboxylic acids is 2. The summed E-state index contributed by atoms with van der Waals surface area (Å²) < 4.78 is 56.7. The maximum Gasteiger partial charge on any atom is 0.481 e. The maximum absolute atomic E-state index is 12.9. The van der Waals surface area contributed by atoms with Crippen LogP contribution in [0.4, 0.5) is 5.82 Å². The predicted octanol–water partition coefficient (Wildman–Crippen LogP) is 8.83. The molecule has 1 saturated heterocycles. The van der Waals surface area contributed by atoms with Gasteiger partial charge in [0.05, 0.1) is 25.4 Å². The molecule has 0 amide bonds. The zero-order valence-electron chi connectivity index (χ0n) is 43.3. The summed E-state index contributed by atoms with van der Waals surface area (Å²) in [5, 5.41) is 41.5. The molecule has 74 heavy (non-hydrogen) atoms. The highest BCUT2D eigenvalue weighted by atomic mass is 31.3. The number of unbranched alkanes of at least 4 members (excludes halogenated alkanes) is 10. The highest BCUT2D eigenvalue weighted by Crippen LogP contribution is 2.60. The third-order valence-electron chi connectivity index (χ3n) is 11.5. The van der Waals surface area contributed by atoms with Gasteiger partial charge in [-0.05, 0) is 89.5 Å². The highest BCUT2D eigenvalue weighted by Gasteiger charge is 2.46. The third-order valence-corrected chi connectivity index (χ3v) is 14.1. The molecule has 1 aromatic rings. The fraction of sp³-hybridized carbons (Fsp3) is 0.654. The summed E-state index contributed by atoms with van der Waals surface area (Å²) in [4.78, 5) is 62.0. The van der Waals surface area contributed by atoms with Gasteiger partial charge in [0.1, 0.15) is 30.7 Å². The second-order valence-corrected chi connectivity index (χ2v) is 21.0. The van der Waals surface area contributed by atoms with Gasteiger partial charge in [0.2, 0.25) is 0 Å². The van der Waals surface area contributed by atoms with Crippen molar-refractivity contribution in [2.75, 3.05) is 25.6 Å². The summed E-state index contributed by atoms with van der Waals surface area (Å²) in [5.74, 6) is -1.46. The Balaban J connectivity index is 1.84. The van der Waals surface area contributed by atoms with E-state index in [2.05, 4.69) is 83.9 Å². The normalized spacial score (nSPS) is 20.3. The largest absolute Gasteiger partial charge is 0.481 e. The minimum Gasteiger partial charge on any atom is -0.462 e. The van der Waals surface area contributed by atoms with Crippen LogP contribution in [0, 0.1) is 0 Å². The highest BCUT2D eigenvalue weighted by molar-refractivity contribution is 7.61. The van der Waals surface area contributed by atoms with E-state index in [0.29, 0.717) is 38.5 Å². The van der Waals surface area contributed by atoms with Gasteiger partial charge < -0.3 is 50.2 Å². The van der Waals surface area contributed by atoms with Crippen molar-refractivity contribution in [2.24, 2.45) is 0 Å². The minimum atomic E-state index is -5.47. The van der Waals surface area contributed by atoms with E-state index >= 15 is 0 Å². The number of phosphoric ester groups is 2. The summed E-state index contributed by atoms with van der Waals surface area (Å²) in [7, 11) is -10.9. The lowest BCUT2D eigenvalue weighted by molar-refractivity contribution is -0.161. The first-order chi connectivity index (χ1) is 35.5. The lowest BCUT2D eigenvalue weighted by Crippen LogP contribution is -2.36. The molecule has 0 aromatic carbocycles. The van der Waals surface area contributed by atoms with Crippen LogP contribution in [-0.2, 0) is 46.3 Å². The van der Waals surface area contributed by atoms with Gasteiger partial charge in [-0.3, -0.25) is 23.2 Å². The minimum absolute atomic E-state index is 0.0524. The molecule has 20 nitrogen and oxygen atoms in total. The van der Waals surface area contributed by atoms with Crippen LogP contribution in [0.3, 0.4) is 0 Å². The number of hydrogen-bond donors (Lipinski definition) is 7. The molecule has 1 fully saturated rings. The lowest BCUT2D eigenvalue weighted by Gasteiger charge is -2.21. The summed E-state index contributed by atoms with van der Waals surface area (Å²) in [5.41, 5.74) is 4.57. The van der Waals surface area contributed by atoms with Crippen LogP contribution in [0.15, 0.2) is 90.0 Å². The second kappa shape index (κ2) is 39.5. The fourth-order valence-corrected chi connectivity index (χ4v) is 9.41. The molecule has 1 aromatic heterocycles. The number of aliphatic hydroxyl groups is 4. The summed E-state index contributed by atoms with van der Waals surface area (Å²) in [6.07, 6.45) is 32.7. The van der Waals surface area contributed by atoms with Gasteiger partial charge in [-0.15, -0.1) is 0 Å². The molecule has 0 radical (unpaired) electrons. The monoisotopic (exact) mass is 1090 g/mol. The first-order valence-corrected chi connectivity index (χ1v) is 29.1. The van der Waals surface area contributed by atoms with Crippen molar-refractivity contribution in [1.29, 1.82) is 0 Å². The quantitative estimate of drug-likeness (QED) is 0.0139. The number of nitrogen functional groups attached to an aromatic ring is 1. The first-order valence-electron chi connectivity index (χ1n) is 26.1. The zero-order chi connectivity index (χ0) is 54.5. The molecule has 22 heteroatoms. The number of phosphoric acid groups is 2. The molecular weight excluding hydrogens is 1000 g/mol. The Morgan fingerprint density at radius 1 is 0.716 bits per heavy atom. The summed E-state index contributed by atoms with van der Waals surface area (Å²) >= 11 is 0. The van der Waals surface area contributed by atoms with Gasteiger partial charge in [0.15, 0.2) is 12.3 Å². The van der Waals surface area contributed by atoms with Crippen LogP contribution in [0.25, 0.3) is 0 Å². The Bertz CT molecular complexity index is 2060. The van der Waals surface area contributed by atoms with E-state index in [1.165, 1.54) is 6.07 Å². The number of allylic oxidation sites excluding steroid dienone is 11. The Labute approximate surface area is 437 Å². The van der Waals surface area contributed by atoms with E-state index in [1.54, 1.807) is 0 Å². The van der Waals surface area contributed by atoms with Crippen LogP contribution in [0.2, 0.25) is 0 Å². The van der Waals surface area contributed by atoms with E-state index in [-0.39, 0.29) is 18.7 Å². The number of nitrogens with two attached hydrogens (primary N) is 1. The number of rotatable bonds is 42. The molecule has 0 bridgehead atoms. The molecule has 9 atom stereocenters. The first kappa shape index (κ1) is 66.2. The van der Waals surface area contributed by atoms with Crippen molar-refractivity contribution in [2.45, 2.75) is 198 Å². The van der Waals surface area contributed by atoms with Crippen molar-refractivity contribution < 1.29 is 76.5 Å². The predicted molar refractivity (Wildman–Crippen MR) is 282 cm³/mol. The van der Waals surface area contributed by atoms with Crippen molar-refractivity contribution in [3.63, 3.8) is 0 Å². The number of aliphatic hydroxyl groups excluding tert-OH is 4. The van der Waals surface area contributed by atoms with Gasteiger partial charge in [-0.25, -0.2) is 13.9 Å². The zero-order valence-corrected chi connectivity index (χ0v) is 45.1. The Hall–Kier alpha value is -3.88. The smallest absolute Gasteiger partial charge is 0.462 e. The van der Waals surface area contributed by atoms with Gasteiger partial charge in [0, 0.05) is 19.0 Å². The van der Waals surface area contributed by atoms with Crippen LogP contribution in [0.5, 0.6) is 0 Å². The van der Waals surface area contributed by atoms with Crippen molar-refractivity contribution in [3.05, 3.63) is 95.7 Å². The number of anilines is 1. The summed E-state index contributed by atoms with van der Waals surface area (Å²) in [6.45, 7) is 1.80. The third kappa shape index (κ3) is 31.2. The number of nitrogens with zero attached hydrogens (tertiary/aromatic N) is 2. The molecule has 1 aliphatic rings. The standard InChI is InChI=1S/C52H85N3O17P2/c1-3-5-7-9-11-12-13-14-15-16-17-18-19-20-21-22-23-27-31-35-47(58)67-39-42(70-48(59)36-32-28-24-26-30-34-44(57)43(56)33-29-25-10-8-6-4-2)40-68-73(63,64)72-74(65,66)69-41-45-49(60)50(61)51(71-45)55-38-37-46(53)54-52(55)62/h5,7,11-12,14-15,17-18,20-21,25,29,37-38,42-45,49-51,56-57,60-61H,3-4,6,8-10,13,16,19,22-24,26-28,30-36,39-41H2,1-2H3,(H,63,64)(H,65,66)(H2,53,54,62)/b7-5-,12-11-,15-14-,18-17-,21-20-,29-25-/t42-,43+,44+,45-,49-,50-,51-/m1/s1. The SMILES string of the molecule is CC/C=C\C/C=C\C/C=C\C/C=C\C/C=C\CCCCCC(=O)OC[C@H](COP(=O)(O)OP(=O)(O)OC[C@H]1O[C@@H](n2ccc(N)nc2=O)[C@H](O)[C@@H]1O)OC(=O)CCCCCCC[C@H](O)[C@@H](O)C/C=C\CCCCC. The van der Waals surface area contributed by atoms with Crippen LogP contribution in [0.1, 0.15) is 161 Å².